The molecule has 8 heteroatoms. The van der Waals surface area contributed by atoms with Crippen molar-refractivity contribution in [3.63, 3.8) is 0 Å². The first-order valence-electron chi connectivity index (χ1n) is 5.72. The Bertz CT molecular complexity index is 525. The van der Waals surface area contributed by atoms with E-state index in [0.717, 1.165) is 17.0 Å². The highest BCUT2D eigenvalue weighted by atomic mass is 79.9. The minimum absolute atomic E-state index is 0.0998. The van der Waals surface area contributed by atoms with Gasteiger partial charge in [-0.3, -0.25) is 4.79 Å². The molecule has 1 aromatic rings. The van der Waals surface area contributed by atoms with E-state index in [0.29, 0.717) is 0 Å². The van der Waals surface area contributed by atoms with E-state index in [1.54, 1.807) is 0 Å². The van der Waals surface area contributed by atoms with Crippen LogP contribution in [-0.2, 0) is 6.18 Å². The molecule has 2 rings (SSSR count). The SMILES string of the molecule is O=C(c1ccc(Br)c(C(F)(F)F)c1)N1CC(O)C(O)C1. The number of hydrogen-bond donors (Lipinski definition) is 2. The van der Waals surface area contributed by atoms with Gasteiger partial charge in [-0.05, 0) is 18.2 Å². The summed E-state index contributed by atoms with van der Waals surface area (Å²) < 4.78 is 38.1. The number of halogens is 4. The lowest BCUT2D eigenvalue weighted by Gasteiger charge is -2.17. The predicted molar refractivity (Wildman–Crippen MR) is 67.1 cm³/mol. The van der Waals surface area contributed by atoms with E-state index in [-0.39, 0.29) is 23.1 Å². The molecule has 0 bridgehead atoms. The van der Waals surface area contributed by atoms with Crippen molar-refractivity contribution >= 4 is 21.8 Å². The highest BCUT2D eigenvalue weighted by molar-refractivity contribution is 9.10. The molecule has 1 aliphatic heterocycles. The van der Waals surface area contributed by atoms with Crippen LogP contribution in [0.3, 0.4) is 0 Å². The molecule has 20 heavy (non-hydrogen) atoms. The van der Waals surface area contributed by atoms with Crippen molar-refractivity contribution in [3.8, 4) is 0 Å². The van der Waals surface area contributed by atoms with Gasteiger partial charge in [0.25, 0.3) is 5.91 Å². The molecule has 1 aliphatic rings. The van der Waals surface area contributed by atoms with Crippen LogP contribution in [0.15, 0.2) is 22.7 Å². The minimum Gasteiger partial charge on any atom is -0.388 e. The van der Waals surface area contributed by atoms with Crippen LogP contribution >= 0.6 is 15.9 Å². The number of β-amino-alcohol motifs (C(OH)–C–C–N with tert-alkyl or cyclic N) is 2. The molecular formula is C12H11BrF3NO3. The summed E-state index contributed by atoms with van der Waals surface area (Å²) in [7, 11) is 0. The number of carbonyl (C=O) groups excluding carboxylic acids is 1. The van der Waals surface area contributed by atoms with Gasteiger partial charge >= 0.3 is 6.18 Å². The molecule has 0 saturated carbocycles. The summed E-state index contributed by atoms with van der Waals surface area (Å²) in [4.78, 5) is 13.2. The first-order chi connectivity index (χ1) is 9.20. The van der Waals surface area contributed by atoms with Crippen molar-refractivity contribution in [2.45, 2.75) is 18.4 Å². The van der Waals surface area contributed by atoms with E-state index in [1.807, 2.05) is 0 Å². The first-order valence-corrected chi connectivity index (χ1v) is 6.51. The zero-order valence-electron chi connectivity index (χ0n) is 10.1. The number of rotatable bonds is 1. The van der Waals surface area contributed by atoms with Gasteiger partial charge in [-0.1, -0.05) is 15.9 Å². The summed E-state index contributed by atoms with van der Waals surface area (Å²) in [5.41, 5.74) is -1.08. The number of nitrogens with zero attached hydrogens (tertiary/aromatic N) is 1. The normalized spacial score (nSPS) is 23.2. The Morgan fingerprint density at radius 1 is 1.25 bits per heavy atom. The molecule has 1 amide bonds. The van der Waals surface area contributed by atoms with Gasteiger partial charge in [0.2, 0.25) is 0 Å². The molecule has 2 atom stereocenters. The molecule has 1 aromatic carbocycles. The van der Waals surface area contributed by atoms with Gasteiger partial charge in [-0.15, -0.1) is 0 Å². The number of alkyl halides is 3. The summed E-state index contributed by atoms with van der Waals surface area (Å²) in [6.07, 6.45) is -6.72. The quantitative estimate of drug-likeness (QED) is 0.806. The highest BCUT2D eigenvalue weighted by Crippen LogP contribution is 2.35. The van der Waals surface area contributed by atoms with E-state index in [1.165, 1.54) is 6.07 Å². The highest BCUT2D eigenvalue weighted by Gasteiger charge is 2.36. The molecule has 1 saturated heterocycles. The van der Waals surface area contributed by atoms with Gasteiger partial charge in [-0.2, -0.15) is 13.2 Å². The smallest absolute Gasteiger partial charge is 0.388 e. The second-order valence-electron chi connectivity index (χ2n) is 4.54. The second-order valence-corrected chi connectivity index (χ2v) is 5.39. The summed E-state index contributed by atoms with van der Waals surface area (Å²) in [5.74, 6) is -0.654. The van der Waals surface area contributed by atoms with Crippen molar-refractivity contribution in [1.82, 2.24) is 4.90 Å². The summed E-state index contributed by atoms with van der Waals surface area (Å²) in [5, 5.41) is 18.7. The fraction of sp³-hybridized carbons (Fsp3) is 0.417. The standard InChI is InChI=1S/C12H11BrF3NO3/c13-8-2-1-6(3-7(8)12(14,15)16)11(20)17-4-9(18)10(19)5-17/h1-3,9-10,18-19H,4-5H2. The molecule has 0 spiro atoms. The third-order valence-corrected chi connectivity index (χ3v) is 3.76. The largest absolute Gasteiger partial charge is 0.417 e. The van der Waals surface area contributed by atoms with Crippen LogP contribution < -0.4 is 0 Å². The Morgan fingerprint density at radius 3 is 2.30 bits per heavy atom. The molecule has 110 valence electrons. The van der Waals surface area contributed by atoms with Gasteiger partial charge < -0.3 is 15.1 Å². The number of hydrogen-bond acceptors (Lipinski definition) is 3. The van der Waals surface area contributed by atoms with E-state index < -0.39 is 29.9 Å². The molecule has 0 radical (unpaired) electrons. The summed E-state index contributed by atoms with van der Waals surface area (Å²) in [6.45, 7) is -0.200. The number of amides is 1. The predicted octanol–water partition coefficient (Wildman–Crippen LogP) is 1.65. The van der Waals surface area contributed by atoms with Crippen LogP contribution in [0.2, 0.25) is 0 Å². The molecule has 1 fully saturated rings. The number of benzene rings is 1. The van der Waals surface area contributed by atoms with E-state index in [4.69, 9.17) is 0 Å². The number of aliphatic hydroxyl groups is 2. The maximum Gasteiger partial charge on any atom is 0.417 e. The Hall–Kier alpha value is -1.12. The lowest BCUT2D eigenvalue weighted by molar-refractivity contribution is -0.138. The molecular weight excluding hydrogens is 343 g/mol. The van der Waals surface area contributed by atoms with Crippen LogP contribution in [0.25, 0.3) is 0 Å². The van der Waals surface area contributed by atoms with Crippen molar-refractivity contribution in [2.24, 2.45) is 0 Å². The monoisotopic (exact) mass is 353 g/mol. The van der Waals surface area contributed by atoms with E-state index >= 15 is 0 Å². The van der Waals surface area contributed by atoms with E-state index in [2.05, 4.69) is 15.9 Å². The Labute approximate surface area is 120 Å². The zero-order valence-corrected chi connectivity index (χ0v) is 11.6. The maximum atomic E-state index is 12.8. The van der Waals surface area contributed by atoms with Gasteiger partial charge in [0.15, 0.2) is 0 Å². The van der Waals surface area contributed by atoms with Gasteiger partial charge in [0.1, 0.15) is 0 Å². The van der Waals surface area contributed by atoms with E-state index in [9.17, 15) is 28.2 Å². The Balaban J connectivity index is 2.28. The average Bonchev–Trinajstić information content (AvgIpc) is 2.68. The fourth-order valence-electron chi connectivity index (χ4n) is 1.99. The van der Waals surface area contributed by atoms with Crippen LogP contribution in [-0.4, -0.2) is 46.3 Å². The van der Waals surface area contributed by atoms with Crippen LogP contribution in [0.5, 0.6) is 0 Å². The van der Waals surface area contributed by atoms with Crippen molar-refractivity contribution in [1.29, 1.82) is 0 Å². The molecule has 2 unspecified atom stereocenters. The van der Waals surface area contributed by atoms with Crippen LogP contribution in [0, 0.1) is 0 Å². The van der Waals surface area contributed by atoms with Crippen LogP contribution in [0.1, 0.15) is 15.9 Å². The van der Waals surface area contributed by atoms with Gasteiger partial charge in [-0.25, -0.2) is 0 Å². The van der Waals surface area contributed by atoms with Crippen molar-refractivity contribution in [2.75, 3.05) is 13.1 Å². The zero-order chi connectivity index (χ0) is 15.1. The minimum atomic E-state index is -4.57. The lowest BCUT2D eigenvalue weighted by atomic mass is 10.1. The van der Waals surface area contributed by atoms with Crippen LogP contribution in [0.4, 0.5) is 13.2 Å². The third kappa shape index (κ3) is 2.97. The fourth-order valence-corrected chi connectivity index (χ4v) is 2.46. The third-order valence-electron chi connectivity index (χ3n) is 3.06. The topological polar surface area (TPSA) is 60.8 Å². The summed E-state index contributed by atoms with van der Waals surface area (Å²) >= 11 is 2.79. The molecule has 0 aromatic heterocycles. The van der Waals surface area contributed by atoms with Gasteiger partial charge in [0, 0.05) is 23.1 Å². The maximum absolute atomic E-state index is 12.8. The first kappa shape index (κ1) is 15.3. The second kappa shape index (κ2) is 5.34. The molecule has 0 aliphatic carbocycles. The number of carbonyl (C=O) groups is 1. The van der Waals surface area contributed by atoms with Gasteiger partial charge in [0.05, 0.1) is 17.8 Å². The molecule has 1 heterocycles. The molecule has 4 nitrogen and oxygen atoms in total. The average molecular weight is 354 g/mol. The lowest BCUT2D eigenvalue weighted by Crippen LogP contribution is -2.30. The number of aliphatic hydroxyl groups excluding tert-OH is 2. The van der Waals surface area contributed by atoms with Crippen molar-refractivity contribution in [3.05, 3.63) is 33.8 Å². The van der Waals surface area contributed by atoms with Crippen molar-refractivity contribution < 1.29 is 28.2 Å². The number of likely N-dealkylation sites (tertiary alicyclic amines) is 1. The Morgan fingerprint density at radius 2 is 1.80 bits per heavy atom. The summed E-state index contributed by atoms with van der Waals surface area (Å²) in [6, 6.07) is 3.17. The molecule has 2 N–H and O–H groups in total. The Kier molecular flexibility index (Phi) is 4.08.